The van der Waals surface area contributed by atoms with E-state index < -0.39 is 0 Å². The number of hydrogen-bond acceptors (Lipinski definition) is 2. The summed E-state index contributed by atoms with van der Waals surface area (Å²) in [4.78, 5) is 0. The Morgan fingerprint density at radius 1 is 1.44 bits per heavy atom. The van der Waals surface area contributed by atoms with Crippen molar-refractivity contribution < 1.29 is 4.74 Å². The molecule has 1 N–H and O–H groups in total. The van der Waals surface area contributed by atoms with E-state index in [0.29, 0.717) is 5.92 Å². The molecular weight excluding hydrogens is 198 g/mol. The molecule has 0 aliphatic heterocycles. The molecule has 0 atom stereocenters. The zero-order valence-corrected chi connectivity index (χ0v) is 10.4. The Bertz CT molecular complexity index is 345. The van der Waals surface area contributed by atoms with E-state index in [4.69, 9.17) is 4.74 Å². The highest BCUT2D eigenvalue weighted by Gasteiger charge is 2.07. The van der Waals surface area contributed by atoms with Gasteiger partial charge in [-0.1, -0.05) is 26.0 Å². The van der Waals surface area contributed by atoms with Gasteiger partial charge in [0, 0.05) is 17.8 Å². The lowest BCUT2D eigenvalue weighted by molar-refractivity contribution is 0.411. The molecule has 0 bridgehead atoms. The summed E-state index contributed by atoms with van der Waals surface area (Å²) in [5.74, 6) is 1.55. The van der Waals surface area contributed by atoms with E-state index in [1.54, 1.807) is 7.11 Å². The van der Waals surface area contributed by atoms with Gasteiger partial charge in [0.1, 0.15) is 5.75 Å². The first kappa shape index (κ1) is 12.6. The molecule has 0 fully saturated rings. The molecule has 0 saturated carbocycles. The van der Waals surface area contributed by atoms with Gasteiger partial charge in [-0.25, -0.2) is 0 Å². The first-order valence-electron chi connectivity index (χ1n) is 5.69. The average molecular weight is 219 g/mol. The van der Waals surface area contributed by atoms with Gasteiger partial charge in [0.15, 0.2) is 0 Å². The standard InChI is InChI=1S/C14H21NO/c1-5-7-12-13(15-10-11(2)3)8-6-9-14(12)16-4/h5-6,8-9,11,15H,1,7,10H2,2-4H3. The molecule has 0 aromatic heterocycles. The molecule has 1 aromatic rings. The van der Waals surface area contributed by atoms with E-state index in [9.17, 15) is 0 Å². The molecule has 88 valence electrons. The van der Waals surface area contributed by atoms with Crippen LogP contribution in [0.4, 0.5) is 5.69 Å². The molecule has 1 rings (SSSR count). The number of anilines is 1. The summed E-state index contributed by atoms with van der Waals surface area (Å²) < 4.78 is 5.36. The van der Waals surface area contributed by atoms with Crippen molar-refractivity contribution in [1.82, 2.24) is 0 Å². The molecule has 0 saturated heterocycles. The van der Waals surface area contributed by atoms with Crippen molar-refractivity contribution in [3.63, 3.8) is 0 Å². The van der Waals surface area contributed by atoms with Crippen LogP contribution in [-0.4, -0.2) is 13.7 Å². The van der Waals surface area contributed by atoms with Crippen molar-refractivity contribution in [3.8, 4) is 5.75 Å². The van der Waals surface area contributed by atoms with Gasteiger partial charge in [0.25, 0.3) is 0 Å². The number of rotatable bonds is 6. The van der Waals surface area contributed by atoms with E-state index in [-0.39, 0.29) is 0 Å². The smallest absolute Gasteiger partial charge is 0.124 e. The highest BCUT2D eigenvalue weighted by Crippen LogP contribution is 2.27. The molecule has 0 aliphatic carbocycles. The van der Waals surface area contributed by atoms with Crippen LogP contribution >= 0.6 is 0 Å². The van der Waals surface area contributed by atoms with Gasteiger partial charge in [0.05, 0.1) is 7.11 Å². The van der Waals surface area contributed by atoms with Gasteiger partial charge >= 0.3 is 0 Å². The summed E-state index contributed by atoms with van der Waals surface area (Å²) in [6.45, 7) is 9.14. The third-order valence-corrected chi connectivity index (χ3v) is 2.40. The van der Waals surface area contributed by atoms with E-state index in [1.807, 2.05) is 18.2 Å². The van der Waals surface area contributed by atoms with Gasteiger partial charge in [-0.3, -0.25) is 0 Å². The van der Waals surface area contributed by atoms with E-state index in [2.05, 4.69) is 31.8 Å². The van der Waals surface area contributed by atoms with Crippen LogP contribution in [0.3, 0.4) is 0 Å². The van der Waals surface area contributed by atoms with E-state index in [0.717, 1.165) is 24.4 Å². The molecule has 2 nitrogen and oxygen atoms in total. The van der Waals surface area contributed by atoms with Gasteiger partial charge in [-0.05, 0) is 24.5 Å². The highest BCUT2D eigenvalue weighted by molar-refractivity contribution is 5.58. The Hall–Kier alpha value is -1.44. The summed E-state index contributed by atoms with van der Waals surface area (Å²) in [6.07, 6.45) is 2.73. The van der Waals surface area contributed by atoms with E-state index >= 15 is 0 Å². The molecule has 0 radical (unpaired) electrons. The lowest BCUT2D eigenvalue weighted by Gasteiger charge is -2.15. The number of methoxy groups -OCH3 is 1. The molecular formula is C14H21NO. The highest BCUT2D eigenvalue weighted by atomic mass is 16.5. The molecule has 0 heterocycles. The van der Waals surface area contributed by atoms with Crippen LogP contribution in [0, 0.1) is 5.92 Å². The lowest BCUT2D eigenvalue weighted by atomic mass is 10.1. The van der Waals surface area contributed by atoms with Crippen molar-refractivity contribution in [2.24, 2.45) is 5.92 Å². The minimum absolute atomic E-state index is 0.628. The van der Waals surface area contributed by atoms with E-state index in [1.165, 1.54) is 5.56 Å². The van der Waals surface area contributed by atoms with Crippen molar-refractivity contribution in [2.75, 3.05) is 19.0 Å². The predicted octanol–water partition coefficient (Wildman–Crippen LogP) is 3.49. The zero-order valence-electron chi connectivity index (χ0n) is 10.4. The van der Waals surface area contributed by atoms with Crippen molar-refractivity contribution in [2.45, 2.75) is 20.3 Å². The Labute approximate surface area is 98.3 Å². The molecule has 0 aliphatic rings. The number of ether oxygens (including phenoxy) is 1. The third-order valence-electron chi connectivity index (χ3n) is 2.40. The van der Waals surface area contributed by atoms with Crippen LogP contribution in [0.2, 0.25) is 0 Å². The fourth-order valence-electron chi connectivity index (χ4n) is 1.59. The second-order valence-electron chi connectivity index (χ2n) is 4.25. The molecule has 0 unspecified atom stereocenters. The summed E-state index contributed by atoms with van der Waals surface area (Å²) in [7, 11) is 1.70. The Morgan fingerprint density at radius 2 is 2.19 bits per heavy atom. The number of hydrogen-bond donors (Lipinski definition) is 1. The number of allylic oxidation sites excluding steroid dienone is 1. The number of nitrogens with one attached hydrogen (secondary N) is 1. The first-order valence-corrected chi connectivity index (χ1v) is 5.69. The normalized spacial score (nSPS) is 10.2. The van der Waals surface area contributed by atoms with Gasteiger partial charge < -0.3 is 10.1 Å². The molecule has 1 aromatic carbocycles. The molecule has 0 spiro atoms. The summed E-state index contributed by atoms with van der Waals surface area (Å²) in [6, 6.07) is 6.08. The average Bonchev–Trinajstić information content (AvgIpc) is 2.27. The second-order valence-corrected chi connectivity index (χ2v) is 4.25. The first-order chi connectivity index (χ1) is 7.69. The zero-order chi connectivity index (χ0) is 12.0. The van der Waals surface area contributed by atoms with Crippen LogP contribution < -0.4 is 10.1 Å². The fourth-order valence-corrected chi connectivity index (χ4v) is 1.59. The number of benzene rings is 1. The summed E-state index contributed by atoms with van der Waals surface area (Å²) in [5.41, 5.74) is 2.33. The summed E-state index contributed by atoms with van der Waals surface area (Å²) >= 11 is 0. The lowest BCUT2D eigenvalue weighted by Crippen LogP contribution is -2.10. The SMILES string of the molecule is C=CCc1c(NCC(C)C)cccc1OC. The van der Waals surface area contributed by atoms with Crippen LogP contribution in [0.15, 0.2) is 30.9 Å². The molecule has 0 amide bonds. The quantitative estimate of drug-likeness (QED) is 0.739. The Morgan fingerprint density at radius 3 is 2.75 bits per heavy atom. The predicted molar refractivity (Wildman–Crippen MR) is 70.2 cm³/mol. The molecule has 2 heteroatoms. The van der Waals surface area contributed by atoms with Crippen molar-refractivity contribution in [3.05, 3.63) is 36.4 Å². The molecule has 16 heavy (non-hydrogen) atoms. The topological polar surface area (TPSA) is 21.3 Å². The summed E-state index contributed by atoms with van der Waals surface area (Å²) in [5, 5.41) is 3.44. The Kier molecular flexibility index (Phi) is 4.90. The monoisotopic (exact) mass is 219 g/mol. The maximum absolute atomic E-state index is 5.36. The van der Waals surface area contributed by atoms with Gasteiger partial charge in [-0.2, -0.15) is 0 Å². The fraction of sp³-hybridized carbons (Fsp3) is 0.429. The van der Waals surface area contributed by atoms with Crippen molar-refractivity contribution >= 4 is 5.69 Å². The Balaban J connectivity index is 2.92. The van der Waals surface area contributed by atoms with Crippen LogP contribution in [-0.2, 0) is 6.42 Å². The maximum Gasteiger partial charge on any atom is 0.124 e. The van der Waals surface area contributed by atoms with Crippen LogP contribution in [0.25, 0.3) is 0 Å². The maximum atomic E-state index is 5.36. The van der Waals surface area contributed by atoms with Crippen LogP contribution in [0.5, 0.6) is 5.75 Å². The minimum atomic E-state index is 0.628. The minimum Gasteiger partial charge on any atom is -0.496 e. The third kappa shape index (κ3) is 3.30. The van der Waals surface area contributed by atoms with Crippen molar-refractivity contribution in [1.29, 1.82) is 0 Å². The van der Waals surface area contributed by atoms with Gasteiger partial charge in [0.2, 0.25) is 0 Å². The second kappa shape index (κ2) is 6.21. The largest absolute Gasteiger partial charge is 0.496 e. The van der Waals surface area contributed by atoms with Gasteiger partial charge in [-0.15, -0.1) is 6.58 Å². The van der Waals surface area contributed by atoms with Crippen LogP contribution in [0.1, 0.15) is 19.4 Å².